The van der Waals surface area contributed by atoms with E-state index in [9.17, 15) is 13.5 Å². The number of aliphatic hydroxyl groups excluding tert-OH is 1. The van der Waals surface area contributed by atoms with Crippen molar-refractivity contribution in [2.45, 2.75) is 30.9 Å². The summed E-state index contributed by atoms with van der Waals surface area (Å²) in [6.07, 6.45) is 1.43. The van der Waals surface area contributed by atoms with Gasteiger partial charge in [0, 0.05) is 36.8 Å². The van der Waals surface area contributed by atoms with Crippen molar-refractivity contribution in [1.29, 1.82) is 0 Å². The highest BCUT2D eigenvalue weighted by atomic mass is 32.2. The summed E-state index contributed by atoms with van der Waals surface area (Å²) in [5.41, 5.74) is 1.26. The molecule has 0 unspecified atom stereocenters. The van der Waals surface area contributed by atoms with Crippen LogP contribution in [0.25, 0.3) is 0 Å². The number of hydrogen-bond donors (Lipinski definition) is 2. The van der Waals surface area contributed by atoms with Crippen molar-refractivity contribution in [1.82, 2.24) is 14.6 Å². The van der Waals surface area contributed by atoms with Gasteiger partial charge >= 0.3 is 0 Å². The summed E-state index contributed by atoms with van der Waals surface area (Å²) >= 11 is 0. The molecular formula is C22H27N3O4S. The molecule has 160 valence electrons. The minimum Gasteiger partial charge on any atom is -0.487 e. The third kappa shape index (κ3) is 4.82. The van der Waals surface area contributed by atoms with Crippen molar-refractivity contribution in [3.8, 4) is 17.6 Å². The van der Waals surface area contributed by atoms with Gasteiger partial charge < -0.3 is 15.2 Å². The van der Waals surface area contributed by atoms with Crippen molar-refractivity contribution in [2.75, 3.05) is 26.7 Å². The molecule has 0 amide bonds. The van der Waals surface area contributed by atoms with Gasteiger partial charge in [-0.3, -0.25) is 0 Å². The van der Waals surface area contributed by atoms with E-state index in [2.05, 4.69) is 22.1 Å². The van der Waals surface area contributed by atoms with Crippen molar-refractivity contribution in [2.24, 2.45) is 5.92 Å². The molecule has 1 aliphatic rings. The van der Waals surface area contributed by atoms with Gasteiger partial charge in [-0.15, -0.1) is 0 Å². The highest BCUT2D eigenvalue weighted by Crippen LogP contribution is 2.33. The molecule has 3 atom stereocenters. The largest absolute Gasteiger partial charge is 0.487 e. The fraction of sp³-hybridized carbons (Fsp3) is 0.409. The number of pyridine rings is 1. The van der Waals surface area contributed by atoms with E-state index in [1.165, 1.54) is 10.4 Å². The number of aromatic nitrogens is 1. The van der Waals surface area contributed by atoms with Gasteiger partial charge in [0.05, 0.1) is 6.61 Å². The van der Waals surface area contributed by atoms with Crippen LogP contribution in [0.1, 0.15) is 25.1 Å². The molecule has 0 radical (unpaired) electrons. The molecule has 1 aromatic heterocycles. The molecule has 0 saturated carbocycles. The van der Waals surface area contributed by atoms with Gasteiger partial charge in [0.2, 0.25) is 10.0 Å². The molecule has 7 nitrogen and oxygen atoms in total. The van der Waals surface area contributed by atoms with Crippen LogP contribution < -0.4 is 10.1 Å². The third-order valence-electron chi connectivity index (χ3n) is 5.07. The molecule has 2 aromatic rings. The Morgan fingerprint density at radius 2 is 2.13 bits per heavy atom. The fourth-order valence-electron chi connectivity index (χ4n) is 3.32. The lowest BCUT2D eigenvalue weighted by Gasteiger charge is -2.36. The summed E-state index contributed by atoms with van der Waals surface area (Å²) in [6.45, 7) is 4.21. The number of fused-ring (bicyclic) bond motifs is 1. The van der Waals surface area contributed by atoms with E-state index in [0.717, 1.165) is 0 Å². The first kappa shape index (κ1) is 22.2. The van der Waals surface area contributed by atoms with Crippen LogP contribution in [0.3, 0.4) is 0 Å². The van der Waals surface area contributed by atoms with E-state index in [4.69, 9.17) is 4.74 Å². The van der Waals surface area contributed by atoms with Crippen LogP contribution in [0, 0.1) is 17.8 Å². The number of aliphatic hydroxyl groups is 1. The Morgan fingerprint density at radius 3 is 2.80 bits per heavy atom. The number of ether oxygens (including phenoxy) is 1. The molecule has 0 fully saturated rings. The van der Waals surface area contributed by atoms with Crippen LogP contribution in [-0.2, 0) is 10.0 Å². The second kappa shape index (κ2) is 9.58. The maximum Gasteiger partial charge on any atom is 0.247 e. The topological polar surface area (TPSA) is 91.8 Å². The fourth-order valence-corrected chi connectivity index (χ4v) is 5.15. The maximum atomic E-state index is 13.4. The van der Waals surface area contributed by atoms with Crippen LogP contribution in [-0.4, -0.2) is 61.7 Å². The zero-order chi connectivity index (χ0) is 21.7. The van der Waals surface area contributed by atoms with Crippen LogP contribution in [0.15, 0.2) is 47.5 Å². The van der Waals surface area contributed by atoms with Crippen LogP contribution in [0.4, 0.5) is 0 Å². The van der Waals surface area contributed by atoms with Gasteiger partial charge in [-0.2, -0.15) is 4.31 Å². The second-order valence-electron chi connectivity index (χ2n) is 7.42. The van der Waals surface area contributed by atoms with Gasteiger partial charge in [0.15, 0.2) is 0 Å². The highest BCUT2D eigenvalue weighted by molar-refractivity contribution is 7.89. The second-order valence-corrected chi connectivity index (χ2v) is 9.28. The zero-order valence-electron chi connectivity index (χ0n) is 17.4. The average Bonchev–Trinajstić information content (AvgIpc) is 2.75. The van der Waals surface area contributed by atoms with Crippen molar-refractivity contribution >= 4 is 10.0 Å². The summed E-state index contributed by atoms with van der Waals surface area (Å²) < 4.78 is 34.2. The summed E-state index contributed by atoms with van der Waals surface area (Å²) in [6, 6.07) is 9.78. The molecule has 2 N–H and O–H groups in total. The first-order valence-corrected chi connectivity index (χ1v) is 11.3. The molecule has 3 rings (SSSR count). The summed E-state index contributed by atoms with van der Waals surface area (Å²) in [7, 11) is -2.01. The zero-order valence-corrected chi connectivity index (χ0v) is 18.2. The molecule has 30 heavy (non-hydrogen) atoms. The molecule has 1 aliphatic heterocycles. The lowest BCUT2D eigenvalue weighted by Crippen LogP contribution is -2.49. The van der Waals surface area contributed by atoms with Gasteiger partial charge in [-0.1, -0.05) is 18.9 Å². The quantitative estimate of drug-likeness (QED) is 0.716. The minimum absolute atomic E-state index is 0.0826. The number of nitrogens with one attached hydrogen (secondary N) is 1. The molecule has 8 heteroatoms. The lowest BCUT2D eigenvalue weighted by molar-refractivity contribution is 0.103. The Balaban J connectivity index is 2.07. The number of rotatable bonds is 4. The predicted molar refractivity (Wildman–Crippen MR) is 115 cm³/mol. The van der Waals surface area contributed by atoms with Crippen molar-refractivity contribution in [3.05, 3.63) is 53.9 Å². The van der Waals surface area contributed by atoms with E-state index in [-0.39, 0.29) is 35.8 Å². The third-order valence-corrected chi connectivity index (χ3v) is 7.09. The Hall–Kier alpha value is -2.44. The van der Waals surface area contributed by atoms with Gasteiger partial charge in [-0.05, 0) is 50.2 Å². The van der Waals surface area contributed by atoms with Crippen molar-refractivity contribution in [3.63, 3.8) is 0 Å². The summed E-state index contributed by atoms with van der Waals surface area (Å²) in [5.74, 6) is 6.18. The van der Waals surface area contributed by atoms with Crippen molar-refractivity contribution < 1.29 is 18.3 Å². The van der Waals surface area contributed by atoms with E-state index < -0.39 is 16.1 Å². The Bertz CT molecular complexity index is 1030. The molecule has 1 aromatic carbocycles. The maximum absolute atomic E-state index is 13.4. The highest BCUT2D eigenvalue weighted by Gasteiger charge is 2.37. The molecule has 2 heterocycles. The molecule has 0 spiro atoms. The normalized spacial score (nSPS) is 21.9. The van der Waals surface area contributed by atoms with Crippen LogP contribution in [0.2, 0.25) is 0 Å². The monoisotopic (exact) mass is 429 g/mol. The summed E-state index contributed by atoms with van der Waals surface area (Å²) in [4.78, 5) is 4.26. The predicted octanol–water partition coefficient (Wildman–Crippen LogP) is 1.47. The molecule has 0 bridgehead atoms. The molecule has 0 saturated heterocycles. The average molecular weight is 430 g/mol. The van der Waals surface area contributed by atoms with Crippen LogP contribution >= 0.6 is 0 Å². The number of sulfonamides is 1. The van der Waals surface area contributed by atoms with E-state index in [1.807, 2.05) is 26.1 Å². The van der Waals surface area contributed by atoms with E-state index in [1.54, 1.807) is 31.3 Å². The first-order valence-electron chi connectivity index (χ1n) is 9.88. The smallest absolute Gasteiger partial charge is 0.247 e. The van der Waals surface area contributed by atoms with Gasteiger partial charge in [0.25, 0.3) is 0 Å². The SMILES string of the molecule is CNC[C@H]1Oc2cc(C#Cc3ccccn3)ccc2S(=O)(=O)N([C@H](C)CO)C[C@@H]1C. The number of likely N-dealkylation sites (N-methyl/N-ethyl adjacent to an activating group) is 1. The minimum atomic E-state index is -3.84. The molecular weight excluding hydrogens is 402 g/mol. The number of benzene rings is 1. The number of nitrogens with zero attached hydrogens (tertiary/aromatic N) is 2. The number of hydrogen-bond acceptors (Lipinski definition) is 6. The van der Waals surface area contributed by atoms with E-state index >= 15 is 0 Å². The Labute approximate surface area is 178 Å². The van der Waals surface area contributed by atoms with Crippen LogP contribution in [0.5, 0.6) is 5.75 Å². The molecule has 0 aliphatic carbocycles. The summed E-state index contributed by atoms with van der Waals surface area (Å²) in [5, 5.41) is 12.7. The Kier molecular flexibility index (Phi) is 7.10. The Morgan fingerprint density at radius 1 is 1.33 bits per heavy atom. The first-order chi connectivity index (χ1) is 14.4. The van der Waals surface area contributed by atoms with Gasteiger partial charge in [0.1, 0.15) is 22.4 Å². The van der Waals surface area contributed by atoms with Gasteiger partial charge in [-0.25, -0.2) is 13.4 Å². The van der Waals surface area contributed by atoms with E-state index in [0.29, 0.717) is 17.8 Å². The standard InChI is InChI=1S/C22H27N3O4S/c1-16-14-25(17(2)15-26)30(27,28)22-10-8-18(7-9-19-6-4-5-11-24-19)12-20(22)29-21(16)13-23-3/h4-6,8,10-12,16-17,21,23,26H,13-15H2,1-3H3/t16-,17+,21+/m0/s1. The lowest BCUT2D eigenvalue weighted by atomic mass is 10.0.